The molecule has 0 aliphatic carbocycles. The van der Waals surface area contributed by atoms with Crippen LogP contribution in [0.2, 0.25) is 0 Å². The summed E-state index contributed by atoms with van der Waals surface area (Å²) in [6.45, 7) is 6.00. The molecule has 3 heteroatoms. The summed E-state index contributed by atoms with van der Waals surface area (Å²) in [5, 5.41) is 0. The van der Waals surface area contributed by atoms with Crippen molar-refractivity contribution in [1.82, 2.24) is 9.38 Å². The molecular formula is C11H15N3. The molecule has 2 aromatic rings. The highest BCUT2D eigenvalue weighted by molar-refractivity contribution is 5.53. The molecule has 0 fully saturated rings. The normalized spacial score (nSPS) is 12.3. The molecule has 2 aromatic heterocycles. The Kier molecular flexibility index (Phi) is 1.86. The highest BCUT2D eigenvalue weighted by Gasteiger charge is 2.19. The topological polar surface area (TPSA) is 43.3 Å². The second kappa shape index (κ2) is 2.82. The molecule has 0 aliphatic heterocycles. The van der Waals surface area contributed by atoms with Gasteiger partial charge in [0.15, 0.2) is 0 Å². The quantitative estimate of drug-likeness (QED) is 0.743. The van der Waals surface area contributed by atoms with Crippen LogP contribution >= 0.6 is 0 Å². The minimum absolute atomic E-state index is 0.403. The predicted molar refractivity (Wildman–Crippen MR) is 57.1 cm³/mol. The fraction of sp³-hybridized carbons (Fsp3) is 0.364. The lowest BCUT2D eigenvalue weighted by Gasteiger charge is -2.17. The smallest absolute Gasteiger partial charge is 0.132 e. The predicted octanol–water partition coefficient (Wildman–Crippen LogP) is 1.84. The summed E-state index contributed by atoms with van der Waals surface area (Å²) in [5.74, 6) is 0.899. The Labute approximate surface area is 83.6 Å². The Morgan fingerprint density at radius 2 is 2.14 bits per heavy atom. The number of aryl methyl sites for hydroxylation is 1. The molecule has 0 aromatic carbocycles. The van der Waals surface area contributed by atoms with Crippen LogP contribution in [0.25, 0.3) is 5.52 Å². The van der Waals surface area contributed by atoms with Crippen molar-refractivity contribution in [3.8, 4) is 0 Å². The van der Waals surface area contributed by atoms with Gasteiger partial charge in [-0.25, -0.2) is 4.98 Å². The molecule has 14 heavy (non-hydrogen) atoms. The Hall–Kier alpha value is -1.35. The van der Waals surface area contributed by atoms with Gasteiger partial charge in [-0.05, 0) is 32.4 Å². The van der Waals surface area contributed by atoms with Crippen molar-refractivity contribution >= 4 is 5.52 Å². The van der Waals surface area contributed by atoms with Gasteiger partial charge in [0.1, 0.15) is 5.82 Å². The van der Waals surface area contributed by atoms with E-state index in [9.17, 15) is 0 Å². The van der Waals surface area contributed by atoms with Crippen molar-refractivity contribution in [3.63, 3.8) is 0 Å². The van der Waals surface area contributed by atoms with E-state index >= 15 is 0 Å². The SMILES string of the molecule is Cc1cccn2c(C(C)(C)N)ncc12. The van der Waals surface area contributed by atoms with Crippen LogP contribution in [0.1, 0.15) is 25.2 Å². The number of nitrogens with zero attached hydrogens (tertiary/aromatic N) is 2. The van der Waals surface area contributed by atoms with Gasteiger partial charge in [-0.15, -0.1) is 0 Å². The van der Waals surface area contributed by atoms with Crippen LogP contribution in [0.15, 0.2) is 24.5 Å². The maximum Gasteiger partial charge on any atom is 0.132 e. The van der Waals surface area contributed by atoms with Crippen molar-refractivity contribution in [3.05, 3.63) is 35.9 Å². The van der Waals surface area contributed by atoms with Crippen molar-refractivity contribution in [2.75, 3.05) is 0 Å². The Morgan fingerprint density at radius 3 is 2.79 bits per heavy atom. The zero-order valence-corrected chi connectivity index (χ0v) is 8.78. The summed E-state index contributed by atoms with van der Waals surface area (Å²) in [4.78, 5) is 4.37. The van der Waals surface area contributed by atoms with E-state index in [-0.39, 0.29) is 0 Å². The van der Waals surface area contributed by atoms with Crippen molar-refractivity contribution in [1.29, 1.82) is 0 Å². The van der Waals surface area contributed by atoms with Gasteiger partial charge in [-0.3, -0.25) is 0 Å². The van der Waals surface area contributed by atoms with Crippen LogP contribution in [0.4, 0.5) is 0 Å². The lowest BCUT2D eigenvalue weighted by molar-refractivity contribution is 0.512. The minimum atomic E-state index is -0.403. The third-order valence-electron chi connectivity index (χ3n) is 2.36. The van der Waals surface area contributed by atoms with Gasteiger partial charge in [-0.1, -0.05) is 6.07 Å². The number of aromatic nitrogens is 2. The van der Waals surface area contributed by atoms with E-state index in [0.29, 0.717) is 0 Å². The van der Waals surface area contributed by atoms with Gasteiger partial charge >= 0.3 is 0 Å². The molecule has 0 aliphatic rings. The zero-order valence-electron chi connectivity index (χ0n) is 8.78. The van der Waals surface area contributed by atoms with Crippen LogP contribution in [0, 0.1) is 6.92 Å². The molecule has 2 heterocycles. The lowest BCUT2D eigenvalue weighted by atomic mass is 10.1. The second-order valence-corrected chi connectivity index (χ2v) is 4.25. The molecule has 3 nitrogen and oxygen atoms in total. The molecule has 0 saturated carbocycles. The first-order valence-corrected chi connectivity index (χ1v) is 4.72. The Morgan fingerprint density at radius 1 is 1.43 bits per heavy atom. The summed E-state index contributed by atoms with van der Waals surface area (Å²) in [7, 11) is 0. The number of hydrogen-bond donors (Lipinski definition) is 1. The van der Waals surface area contributed by atoms with Crippen molar-refractivity contribution in [2.24, 2.45) is 5.73 Å². The number of nitrogens with two attached hydrogens (primary N) is 1. The van der Waals surface area contributed by atoms with Crippen LogP contribution in [0.5, 0.6) is 0 Å². The Balaban J connectivity index is 2.76. The fourth-order valence-electron chi connectivity index (χ4n) is 1.64. The second-order valence-electron chi connectivity index (χ2n) is 4.25. The molecular weight excluding hydrogens is 174 g/mol. The van der Waals surface area contributed by atoms with Crippen molar-refractivity contribution in [2.45, 2.75) is 26.3 Å². The first-order valence-electron chi connectivity index (χ1n) is 4.72. The molecule has 0 atom stereocenters. The van der Waals surface area contributed by atoms with E-state index in [2.05, 4.69) is 22.4 Å². The standard InChI is InChI=1S/C11H15N3/c1-8-5-4-6-14-9(8)7-13-10(14)11(2,3)12/h4-7H,12H2,1-3H3. The highest BCUT2D eigenvalue weighted by Crippen LogP contribution is 2.19. The third-order valence-corrected chi connectivity index (χ3v) is 2.36. The molecule has 0 unspecified atom stereocenters. The van der Waals surface area contributed by atoms with Gasteiger partial charge in [0.2, 0.25) is 0 Å². The maximum absolute atomic E-state index is 6.03. The van der Waals surface area contributed by atoms with Crippen LogP contribution in [-0.4, -0.2) is 9.38 Å². The van der Waals surface area contributed by atoms with E-state index < -0.39 is 5.54 Å². The molecule has 0 bridgehead atoms. The number of hydrogen-bond acceptors (Lipinski definition) is 2. The van der Waals surface area contributed by atoms with Crippen LogP contribution in [0.3, 0.4) is 0 Å². The molecule has 0 radical (unpaired) electrons. The average Bonchev–Trinajstić information content (AvgIpc) is 2.47. The summed E-state index contributed by atoms with van der Waals surface area (Å²) in [6, 6.07) is 4.09. The van der Waals surface area contributed by atoms with Gasteiger partial charge in [0, 0.05) is 6.20 Å². The van der Waals surface area contributed by atoms with Gasteiger partial charge in [0.25, 0.3) is 0 Å². The van der Waals surface area contributed by atoms with Crippen molar-refractivity contribution < 1.29 is 0 Å². The number of fused-ring (bicyclic) bond motifs is 1. The van der Waals surface area contributed by atoms with Crippen LogP contribution < -0.4 is 5.73 Å². The first kappa shape index (κ1) is 9.21. The van der Waals surface area contributed by atoms with E-state index in [1.54, 1.807) is 0 Å². The minimum Gasteiger partial charge on any atom is -0.319 e. The van der Waals surface area contributed by atoms with Gasteiger partial charge in [-0.2, -0.15) is 0 Å². The van der Waals surface area contributed by atoms with E-state index in [0.717, 1.165) is 11.3 Å². The summed E-state index contributed by atoms with van der Waals surface area (Å²) in [6.07, 6.45) is 3.87. The number of pyridine rings is 1. The summed E-state index contributed by atoms with van der Waals surface area (Å²) in [5.41, 5.74) is 7.98. The van der Waals surface area contributed by atoms with Gasteiger partial charge in [0.05, 0.1) is 17.3 Å². The third kappa shape index (κ3) is 1.30. The lowest BCUT2D eigenvalue weighted by Crippen LogP contribution is -2.31. The highest BCUT2D eigenvalue weighted by atomic mass is 15.1. The Bertz CT molecular complexity index is 463. The van der Waals surface area contributed by atoms with E-state index in [1.165, 1.54) is 5.56 Å². The number of imidazole rings is 1. The molecule has 0 saturated heterocycles. The monoisotopic (exact) mass is 189 g/mol. The average molecular weight is 189 g/mol. The van der Waals surface area contributed by atoms with E-state index in [1.807, 2.05) is 32.3 Å². The maximum atomic E-state index is 6.03. The summed E-state index contributed by atoms with van der Waals surface area (Å²) >= 11 is 0. The van der Waals surface area contributed by atoms with Gasteiger partial charge < -0.3 is 10.1 Å². The van der Waals surface area contributed by atoms with E-state index in [4.69, 9.17) is 5.73 Å². The zero-order chi connectivity index (χ0) is 10.3. The first-order chi connectivity index (χ1) is 6.50. The summed E-state index contributed by atoms with van der Waals surface area (Å²) < 4.78 is 2.05. The molecule has 0 spiro atoms. The molecule has 2 rings (SSSR count). The largest absolute Gasteiger partial charge is 0.319 e. The molecule has 2 N–H and O–H groups in total. The molecule has 0 amide bonds. The number of rotatable bonds is 1. The fourth-order valence-corrected chi connectivity index (χ4v) is 1.64. The molecule has 74 valence electrons. The van der Waals surface area contributed by atoms with Crippen LogP contribution in [-0.2, 0) is 5.54 Å².